The predicted octanol–water partition coefficient (Wildman–Crippen LogP) is 4.97. The van der Waals surface area contributed by atoms with E-state index in [0.717, 1.165) is 74.8 Å². The lowest BCUT2D eigenvalue weighted by molar-refractivity contribution is -0.135. The Hall–Kier alpha value is -2.65. The molecule has 1 amide bonds. The van der Waals surface area contributed by atoms with E-state index in [9.17, 15) is 4.79 Å². The number of aromatic amines is 1. The van der Waals surface area contributed by atoms with Gasteiger partial charge in [-0.05, 0) is 43.0 Å². The lowest BCUT2D eigenvalue weighted by atomic mass is 9.95. The third-order valence-corrected chi connectivity index (χ3v) is 8.62. The molecule has 3 aromatic rings. The summed E-state index contributed by atoms with van der Waals surface area (Å²) in [5.74, 6) is 1.72. The van der Waals surface area contributed by atoms with E-state index in [1.807, 2.05) is 50.6 Å². The Labute approximate surface area is 240 Å². The van der Waals surface area contributed by atoms with Crippen molar-refractivity contribution in [2.24, 2.45) is 0 Å². The van der Waals surface area contributed by atoms with E-state index in [-0.39, 0.29) is 11.9 Å². The molecule has 1 N–H and O–H groups in total. The molecule has 2 aliphatic rings. The Morgan fingerprint density at radius 1 is 1.10 bits per heavy atom. The predicted molar refractivity (Wildman–Crippen MR) is 157 cm³/mol. The molecule has 5 rings (SSSR count). The van der Waals surface area contributed by atoms with E-state index >= 15 is 0 Å². The topological polar surface area (TPSA) is 71.6 Å². The average Bonchev–Trinajstić information content (AvgIpc) is 3.49. The Morgan fingerprint density at radius 3 is 2.46 bits per heavy atom. The van der Waals surface area contributed by atoms with E-state index in [2.05, 4.69) is 31.6 Å². The highest BCUT2D eigenvalue weighted by atomic mass is 35.5. The number of amides is 1. The number of imidazole rings is 1. The van der Waals surface area contributed by atoms with Gasteiger partial charge in [0.25, 0.3) is 0 Å². The summed E-state index contributed by atoms with van der Waals surface area (Å²) in [5, 5.41) is 1.34. The summed E-state index contributed by atoms with van der Waals surface area (Å²) in [6, 6.07) is 10.3. The van der Waals surface area contributed by atoms with Crippen molar-refractivity contribution >= 4 is 34.9 Å². The van der Waals surface area contributed by atoms with Gasteiger partial charge in [0.1, 0.15) is 17.7 Å². The highest BCUT2D eigenvalue weighted by Crippen LogP contribution is 2.33. The summed E-state index contributed by atoms with van der Waals surface area (Å²) < 4.78 is 0. The van der Waals surface area contributed by atoms with Gasteiger partial charge in [-0.15, -0.1) is 0 Å². The summed E-state index contributed by atoms with van der Waals surface area (Å²) in [7, 11) is 3.66. The van der Waals surface area contributed by atoms with Crippen LogP contribution in [0.15, 0.2) is 48.9 Å². The number of aromatic nitrogens is 3. The van der Waals surface area contributed by atoms with Gasteiger partial charge < -0.3 is 14.8 Å². The first kappa shape index (κ1) is 27.9. The minimum Gasteiger partial charge on any atom is -0.353 e. The van der Waals surface area contributed by atoms with Crippen LogP contribution in [0.2, 0.25) is 10.0 Å². The molecule has 1 aromatic carbocycles. The van der Waals surface area contributed by atoms with Crippen LogP contribution in [0.25, 0.3) is 11.4 Å². The quantitative estimate of drug-likeness (QED) is 0.433. The molecule has 10 heteroatoms. The van der Waals surface area contributed by atoms with Crippen LogP contribution >= 0.6 is 23.2 Å². The first-order chi connectivity index (χ1) is 18.9. The molecule has 2 aliphatic heterocycles. The number of piperidine rings is 1. The number of benzene rings is 1. The number of piperazine rings is 1. The summed E-state index contributed by atoms with van der Waals surface area (Å²) >= 11 is 12.8. The molecular weight excluding hydrogens is 533 g/mol. The molecule has 0 aliphatic carbocycles. The van der Waals surface area contributed by atoms with Crippen molar-refractivity contribution in [2.75, 3.05) is 51.7 Å². The fourth-order valence-electron chi connectivity index (χ4n) is 6.00. The molecular formula is C29H37Cl2N7O. The second kappa shape index (κ2) is 12.3. The molecule has 0 saturated carbocycles. The van der Waals surface area contributed by atoms with Crippen LogP contribution in [0.5, 0.6) is 0 Å². The lowest BCUT2D eigenvalue weighted by Crippen LogP contribution is -2.59. The molecule has 0 radical (unpaired) electrons. The minimum atomic E-state index is -0.283. The molecule has 2 aromatic heterocycles. The van der Waals surface area contributed by atoms with Gasteiger partial charge in [0, 0.05) is 88.1 Å². The maximum Gasteiger partial charge on any atom is 0.244 e. The van der Waals surface area contributed by atoms with Gasteiger partial charge in [-0.25, -0.2) is 9.97 Å². The number of hydrogen-bond donors (Lipinski definition) is 1. The van der Waals surface area contributed by atoms with Crippen molar-refractivity contribution in [3.8, 4) is 11.4 Å². The van der Waals surface area contributed by atoms with Crippen LogP contribution < -0.4 is 4.90 Å². The lowest BCUT2D eigenvalue weighted by Gasteiger charge is -2.48. The number of rotatable bonds is 7. The highest BCUT2D eigenvalue weighted by Gasteiger charge is 2.37. The van der Waals surface area contributed by atoms with Crippen LogP contribution in [0, 0.1) is 0 Å². The van der Waals surface area contributed by atoms with Gasteiger partial charge in [-0.1, -0.05) is 42.3 Å². The van der Waals surface area contributed by atoms with Crippen LogP contribution in [-0.4, -0.2) is 94.5 Å². The Kier molecular flexibility index (Phi) is 8.76. The zero-order valence-electron chi connectivity index (χ0n) is 22.9. The van der Waals surface area contributed by atoms with Crippen molar-refractivity contribution in [1.82, 2.24) is 29.7 Å². The van der Waals surface area contributed by atoms with Crippen molar-refractivity contribution in [2.45, 2.75) is 44.3 Å². The highest BCUT2D eigenvalue weighted by molar-refractivity contribution is 6.33. The molecule has 208 valence electrons. The average molecular weight is 571 g/mol. The van der Waals surface area contributed by atoms with Crippen LogP contribution in [0.3, 0.4) is 0 Å². The molecule has 0 spiro atoms. The van der Waals surface area contributed by atoms with Crippen LogP contribution in [0.4, 0.5) is 5.82 Å². The van der Waals surface area contributed by atoms with Crippen molar-refractivity contribution in [1.29, 1.82) is 0 Å². The molecule has 8 nitrogen and oxygen atoms in total. The van der Waals surface area contributed by atoms with Crippen molar-refractivity contribution < 1.29 is 4.79 Å². The maximum absolute atomic E-state index is 13.2. The van der Waals surface area contributed by atoms with Crippen LogP contribution in [-0.2, 0) is 4.79 Å². The fraction of sp³-hybridized carbons (Fsp3) is 0.483. The zero-order valence-corrected chi connectivity index (χ0v) is 24.4. The van der Waals surface area contributed by atoms with Gasteiger partial charge >= 0.3 is 0 Å². The number of hydrogen-bond acceptors (Lipinski definition) is 6. The largest absolute Gasteiger partial charge is 0.353 e. The van der Waals surface area contributed by atoms with E-state index in [0.29, 0.717) is 22.1 Å². The molecule has 4 heterocycles. The molecule has 2 atom stereocenters. The SMILES string of the molecule is CC[C@H]1CN(c2ncc(-c3ncc[nH]3)cc2Cl)CCN1C1CCN([C@@H](C(=O)N(C)C)c2ccc(Cl)cc2)CC1. The second-order valence-corrected chi connectivity index (χ2v) is 11.5. The monoisotopic (exact) mass is 569 g/mol. The minimum absolute atomic E-state index is 0.110. The van der Waals surface area contributed by atoms with Gasteiger partial charge in [0.15, 0.2) is 0 Å². The van der Waals surface area contributed by atoms with E-state index in [1.54, 1.807) is 17.3 Å². The number of carbonyl (C=O) groups is 1. The summed E-state index contributed by atoms with van der Waals surface area (Å²) in [5.41, 5.74) is 1.88. The first-order valence-electron chi connectivity index (χ1n) is 13.7. The maximum atomic E-state index is 13.2. The van der Waals surface area contributed by atoms with Crippen LogP contribution in [0.1, 0.15) is 37.8 Å². The Bertz CT molecular complexity index is 1240. The summed E-state index contributed by atoms with van der Waals surface area (Å²) in [6.07, 6.45) is 8.51. The number of likely N-dealkylation sites (N-methyl/N-ethyl adjacent to an activating group) is 1. The van der Waals surface area contributed by atoms with Crippen molar-refractivity contribution in [3.05, 3.63) is 64.5 Å². The Morgan fingerprint density at radius 2 is 1.85 bits per heavy atom. The first-order valence-corrected chi connectivity index (χ1v) is 14.5. The van der Waals surface area contributed by atoms with E-state index in [1.165, 1.54) is 0 Å². The molecule has 2 saturated heterocycles. The van der Waals surface area contributed by atoms with E-state index in [4.69, 9.17) is 28.2 Å². The van der Waals surface area contributed by atoms with Gasteiger partial charge in [-0.3, -0.25) is 14.6 Å². The molecule has 0 bridgehead atoms. The Balaban J connectivity index is 1.24. The number of pyridine rings is 1. The number of likely N-dealkylation sites (tertiary alicyclic amines) is 1. The van der Waals surface area contributed by atoms with E-state index < -0.39 is 0 Å². The smallest absolute Gasteiger partial charge is 0.244 e. The third kappa shape index (κ3) is 6.09. The number of halogens is 2. The number of H-pyrrole nitrogens is 1. The molecule has 0 unspecified atom stereocenters. The third-order valence-electron chi connectivity index (χ3n) is 8.09. The zero-order chi connectivity index (χ0) is 27.5. The molecule has 2 fully saturated rings. The summed E-state index contributed by atoms with van der Waals surface area (Å²) in [4.78, 5) is 34.4. The normalized spacial score (nSPS) is 20.2. The number of nitrogens with zero attached hydrogens (tertiary/aromatic N) is 6. The number of carbonyl (C=O) groups excluding carboxylic acids is 1. The summed E-state index contributed by atoms with van der Waals surface area (Å²) in [6.45, 7) is 6.79. The van der Waals surface area contributed by atoms with Gasteiger partial charge in [-0.2, -0.15) is 0 Å². The van der Waals surface area contributed by atoms with Gasteiger partial charge in [0.2, 0.25) is 5.91 Å². The van der Waals surface area contributed by atoms with Gasteiger partial charge in [0.05, 0.1) is 5.02 Å². The standard InChI is InChI=1S/C29H37Cl2N7O/c1-4-23-19-37(28-25(31)17-21(18-34-28)27-32-11-12-33-27)15-16-38(23)24-9-13-36(14-10-24)26(29(39)35(2)3)20-5-7-22(30)8-6-20/h5-8,11-12,17-18,23-24,26H,4,9-10,13-16,19H2,1-3H3,(H,32,33)/t23-,26+/m0/s1. The number of anilines is 1. The molecule has 39 heavy (non-hydrogen) atoms. The second-order valence-electron chi connectivity index (χ2n) is 10.7. The van der Waals surface area contributed by atoms with Crippen molar-refractivity contribution in [3.63, 3.8) is 0 Å². The number of nitrogens with one attached hydrogen (secondary N) is 1. The fourth-order valence-corrected chi connectivity index (χ4v) is 6.41.